The van der Waals surface area contributed by atoms with Crippen LogP contribution in [0.15, 0.2) is 59.6 Å². The summed E-state index contributed by atoms with van der Waals surface area (Å²) in [4.78, 5) is 17.2. The molecule has 0 N–H and O–H groups in total. The zero-order valence-corrected chi connectivity index (χ0v) is 13.7. The molecule has 1 amide bonds. The molecule has 0 saturated heterocycles. The Labute approximate surface area is 140 Å². The van der Waals surface area contributed by atoms with E-state index in [9.17, 15) is 4.79 Å². The minimum Gasteiger partial charge on any atom is -0.268 e. The van der Waals surface area contributed by atoms with E-state index in [2.05, 4.69) is 4.99 Å². The Morgan fingerprint density at radius 2 is 1.78 bits per heavy atom. The summed E-state index contributed by atoms with van der Waals surface area (Å²) in [5.41, 5.74) is 2.64. The van der Waals surface area contributed by atoms with E-state index in [0.717, 1.165) is 17.0 Å². The van der Waals surface area contributed by atoms with Crippen LogP contribution < -0.4 is 5.01 Å². The summed E-state index contributed by atoms with van der Waals surface area (Å²) >= 11 is 5.88. The van der Waals surface area contributed by atoms with Gasteiger partial charge in [0.15, 0.2) is 7.05 Å². The van der Waals surface area contributed by atoms with Crippen molar-refractivity contribution in [1.82, 2.24) is 0 Å². The van der Waals surface area contributed by atoms with Crippen molar-refractivity contribution in [3.63, 3.8) is 0 Å². The quantitative estimate of drug-likeness (QED) is 0.630. The maximum atomic E-state index is 12.7. The molecule has 0 aliphatic carbocycles. The normalized spacial score (nSPS) is 18.3. The van der Waals surface area contributed by atoms with E-state index in [4.69, 9.17) is 11.6 Å². The van der Waals surface area contributed by atoms with E-state index >= 15 is 0 Å². The molecule has 1 unspecified atom stereocenters. The van der Waals surface area contributed by atoms with Gasteiger partial charge in [0, 0.05) is 18.2 Å². The molecule has 0 radical (unpaired) electrons. The Balaban J connectivity index is 1.87. The van der Waals surface area contributed by atoms with Crippen LogP contribution >= 0.6 is 11.6 Å². The van der Waals surface area contributed by atoms with Gasteiger partial charge in [0.05, 0.1) is 0 Å². The summed E-state index contributed by atoms with van der Waals surface area (Å²) in [5.74, 6) is -0.0542. The average Bonchev–Trinajstić information content (AvgIpc) is 2.78. The number of aliphatic imine (C=N–C) groups is 1. The number of benzene rings is 2. The van der Waals surface area contributed by atoms with Gasteiger partial charge in [-0.2, -0.15) is 0 Å². The number of amides is 1. The van der Waals surface area contributed by atoms with Crippen LogP contribution in [-0.2, 0) is 4.79 Å². The standard InChI is InChI=1S/C18H17ClN3O/c1-13-17(20-12-14-8-10-15(19)11-9-14)18(23)22(21(13)2)16-6-4-3-5-7-16/h3-12,17H,1-2H3/q+1. The van der Waals surface area contributed by atoms with Crippen LogP contribution in [0.4, 0.5) is 5.69 Å². The number of anilines is 1. The number of para-hydroxylation sites is 1. The summed E-state index contributed by atoms with van der Waals surface area (Å²) < 4.78 is 1.85. The second-order valence-electron chi connectivity index (χ2n) is 5.38. The fourth-order valence-electron chi connectivity index (χ4n) is 2.53. The van der Waals surface area contributed by atoms with Gasteiger partial charge in [-0.15, -0.1) is 4.68 Å². The first-order chi connectivity index (χ1) is 11.1. The molecule has 116 valence electrons. The number of carbonyl (C=O) groups is 1. The van der Waals surface area contributed by atoms with Crippen LogP contribution in [0.3, 0.4) is 0 Å². The van der Waals surface area contributed by atoms with Crippen molar-refractivity contribution in [1.29, 1.82) is 0 Å². The van der Waals surface area contributed by atoms with Crippen molar-refractivity contribution in [2.45, 2.75) is 13.0 Å². The van der Waals surface area contributed by atoms with Crippen molar-refractivity contribution in [2.75, 3.05) is 12.1 Å². The highest BCUT2D eigenvalue weighted by molar-refractivity contribution is 6.30. The van der Waals surface area contributed by atoms with Gasteiger partial charge in [0.2, 0.25) is 11.8 Å². The van der Waals surface area contributed by atoms with E-state index in [0.29, 0.717) is 5.02 Å². The summed E-state index contributed by atoms with van der Waals surface area (Å²) in [6, 6.07) is 16.4. The molecule has 5 heteroatoms. The lowest BCUT2D eigenvalue weighted by molar-refractivity contribution is -0.495. The summed E-state index contributed by atoms with van der Waals surface area (Å²) in [5, 5.41) is 2.33. The van der Waals surface area contributed by atoms with Crippen LogP contribution in [0.25, 0.3) is 0 Å². The summed E-state index contributed by atoms with van der Waals surface area (Å²) in [6.07, 6.45) is 1.71. The predicted octanol–water partition coefficient (Wildman–Crippen LogP) is 3.19. The number of hydrogen-bond donors (Lipinski definition) is 0. The van der Waals surface area contributed by atoms with Gasteiger partial charge in [0.1, 0.15) is 5.69 Å². The maximum Gasteiger partial charge on any atom is 0.318 e. The number of nitrogens with zero attached hydrogens (tertiary/aromatic N) is 3. The average molecular weight is 327 g/mol. The van der Waals surface area contributed by atoms with Gasteiger partial charge >= 0.3 is 5.91 Å². The van der Waals surface area contributed by atoms with Gasteiger partial charge in [0.25, 0.3) is 0 Å². The van der Waals surface area contributed by atoms with Crippen molar-refractivity contribution < 1.29 is 9.48 Å². The Bertz CT molecular complexity index is 782. The van der Waals surface area contributed by atoms with Gasteiger partial charge in [-0.25, -0.2) is 0 Å². The van der Waals surface area contributed by atoms with E-state index in [-0.39, 0.29) is 5.91 Å². The monoisotopic (exact) mass is 326 g/mol. The minimum absolute atomic E-state index is 0.0542. The van der Waals surface area contributed by atoms with Crippen molar-refractivity contribution >= 4 is 35.1 Å². The molecule has 4 nitrogen and oxygen atoms in total. The number of hydrazone groups is 1. The van der Waals surface area contributed by atoms with Crippen LogP contribution in [0.5, 0.6) is 0 Å². The highest BCUT2D eigenvalue weighted by Gasteiger charge is 2.44. The van der Waals surface area contributed by atoms with E-state index in [1.807, 2.05) is 61.1 Å². The van der Waals surface area contributed by atoms with Gasteiger partial charge < -0.3 is 0 Å². The molecule has 0 aromatic heterocycles. The first-order valence-corrected chi connectivity index (χ1v) is 7.70. The first-order valence-electron chi connectivity index (χ1n) is 7.33. The molecule has 3 rings (SSSR count). The Kier molecular flexibility index (Phi) is 4.26. The molecule has 0 fully saturated rings. The van der Waals surface area contributed by atoms with Crippen LogP contribution in [0.1, 0.15) is 12.5 Å². The van der Waals surface area contributed by atoms with Crippen LogP contribution in [0, 0.1) is 0 Å². The fraction of sp³-hybridized carbons (Fsp3) is 0.167. The van der Waals surface area contributed by atoms with Gasteiger partial charge in [-0.1, -0.05) is 46.9 Å². The molecule has 0 spiro atoms. The number of hydrazine groups is 1. The molecule has 1 aliphatic rings. The minimum atomic E-state index is -0.504. The first kappa shape index (κ1) is 15.4. The fourth-order valence-corrected chi connectivity index (χ4v) is 2.65. The van der Waals surface area contributed by atoms with Gasteiger partial charge in [-0.05, 0) is 29.8 Å². The van der Waals surface area contributed by atoms with Crippen LogP contribution in [-0.4, -0.2) is 35.6 Å². The lowest BCUT2D eigenvalue weighted by Crippen LogP contribution is -2.35. The van der Waals surface area contributed by atoms with Gasteiger partial charge in [-0.3, -0.25) is 9.79 Å². The highest BCUT2D eigenvalue weighted by Crippen LogP contribution is 2.20. The molecule has 23 heavy (non-hydrogen) atoms. The number of hydrogen-bond acceptors (Lipinski definition) is 2. The smallest absolute Gasteiger partial charge is 0.268 e. The zero-order chi connectivity index (χ0) is 16.4. The van der Waals surface area contributed by atoms with E-state index in [1.54, 1.807) is 23.4 Å². The number of carbonyl (C=O) groups excluding carboxylic acids is 1. The van der Waals surface area contributed by atoms with E-state index < -0.39 is 6.04 Å². The molecular formula is C18H17ClN3O+. The number of halogens is 1. The Morgan fingerprint density at radius 3 is 2.43 bits per heavy atom. The molecule has 2 aromatic carbocycles. The largest absolute Gasteiger partial charge is 0.318 e. The lowest BCUT2D eigenvalue weighted by atomic mass is 10.2. The molecule has 1 heterocycles. The molecule has 0 bridgehead atoms. The van der Waals surface area contributed by atoms with Crippen molar-refractivity contribution in [3.05, 3.63) is 65.2 Å². The third kappa shape index (κ3) is 3.03. The van der Waals surface area contributed by atoms with E-state index in [1.165, 1.54) is 0 Å². The van der Waals surface area contributed by atoms with Crippen molar-refractivity contribution in [3.8, 4) is 0 Å². The van der Waals surface area contributed by atoms with Crippen molar-refractivity contribution in [2.24, 2.45) is 4.99 Å². The lowest BCUT2D eigenvalue weighted by Gasteiger charge is -2.10. The molecular weight excluding hydrogens is 310 g/mol. The number of rotatable bonds is 3. The topological polar surface area (TPSA) is 35.7 Å². The maximum absolute atomic E-state index is 12.7. The molecule has 0 saturated carbocycles. The second kappa shape index (κ2) is 6.34. The molecule has 1 aliphatic heterocycles. The summed E-state index contributed by atoms with van der Waals surface area (Å²) in [6.45, 7) is 1.92. The summed E-state index contributed by atoms with van der Waals surface area (Å²) in [7, 11) is 1.87. The predicted molar refractivity (Wildman–Crippen MR) is 93.6 cm³/mol. The zero-order valence-electron chi connectivity index (χ0n) is 13.0. The second-order valence-corrected chi connectivity index (χ2v) is 5.82. The molecule has 2 aromatic rings. The Morgan fingerprint density at radius 1 is 1.13 bits per heavy atom. The highest BCUT2D eigenvalue weighted by atomic mass is 35.5. The molecule has 1 atom stereocenters. The Hall–Kier alpha value is -2.46. The SMILES string of the molecule is CC1=[N+](C)N(c2ccccc2)C(=O)C1N=Cc1ccc(Cl)cc1. The third-order valence-electron chi connectivity index (χ3n) is 3.89. The van der Waals surface area contributed by atoms with Crippen LogP contribution in [0.2, 0.25) is 5.02 Å². The third-order valence-corrected chi connectivity index (χ3v) is 4.14.